The molecule has 2 fully saturated rings. The number of carbonyl (C=O) groups is 1. The van der Waals surface area contributed by atoms with Crippen molar-refractivity contribution in [3.63, 3.8) is 0 Å². The fourth-order valence-electron chi connectivity index (χ4n) is 3.27. The van der Waals surface area contributed by atoms with Gasteiger partial charge in [-0.2, -0.15) is 0 Å². The Bertz CT molecular complexity index is 462. The first-order valence-corrected chi connectivity index (χ1v) is 7.59. The summed E-state index contributed by atoms with van der Waals surface area (Å²) in [7, 11) is 0. The van der Waals surface area contributed by atoms with Crippen molar-refractivity contribution in [2.45, 2.75) is 44.2 Å². The fourth-order valence-corrected chi connectivity index (χ4v) is 3.27. The number of piperidine rings is 1. The second-order valence-corrected chi connectivity index (χ2v) is 6.01. The van der Waals surface area contributed by atoms with Crippen molar-refractivity contribution >= 4 is 5.91 Å². The Morgan fingerprint density at radius 3 is 2.75 bits per heavy atom. The number of likely N-dealkylation sites (tertiary alicyclic amines) is 1. The second-order valence-electron chi connectivity index (χ2n) is 6.01. The molecule has 20 heavy (non-hydrogen) atoms. The highest BCUT2D eigenvalue weighted by Crippen LogP contribution is 2.27. The van der Waals surface area contributed by atoms with Crippen molar-refractivity contribution in [1.82, 2.24) is 15.8 Å². The first kappa shape index (κ1) is 13.6. The van der Waals surface area contributed by atoms with E-state index in [9.17, 15) is 4.79 Å². The predicted molar refractivity (Wildman–Crippen MR) is 79.1 cm³/mol. The molecule has 0 aliphatic carbocycles. The molecule has 4 heteroatoms. The van der Waals surface area contributed by atoms with Crippen LogP contribution in [0.3, 0.4) is 0 Å². The van der Waals surface area contributed by atoms with Crippen molar-refractivity contribution in [2.24, 2.45) is 0 Å². The Morgan fingerprint density at radius 2 is 2.05 bits per heavy atom. The number of carbonyl (C=O) groups excluding carboxylic acids is 1. The van der Waals surface area contributed by atoms with Crippen LogP contribution in [0.25, 0.3) is 0 Å². The third kappa shape index (κ3) is 2.86. The Kier molecular flexibility index (Phi) is 4.03. The summed E-state index contributed by atoms with van der Waals surface area (Å²) in [6.07, 6.45) is 3.16. The summed E-state index contributed by atoms with van der Waals surface area (Å²) in [5, 5.41) is 0. The zero-order valence-electron chi connectivity index (χ0n) is 12.0. The van der Waals surface area contributed by atoms with Gasteiger partial charge in [0, 0.05) is 25.0 Å². The van der Waals surface area contributed by atoms with Crippen LogP contribution in [0, 0.1) is 0 Å². The molecule has 2 saturated heterocycles. The number of hydrogen-bond acceptors (Lipinski definition) is 3. The van der Waals surface area contributed by atoms with E-state index in [1.807, 2.05) is 11.0 Å². The fraction of sp³-hybridized carbons (Fsp3) is 0.562. The molecule has 3 rings (SSSR count). The summed E-state index contributed by atoms with van der Waals surface area (Å²) >= 11 is 0. The van der Waals surface area contributed by atoms with Crippen LogP contribution in [-0.2, 0) is 4.79 Å². The lowest BCUT2D eigenvalue weighted by molar-refractivity contribution is -0.134. The normalized spacial score (nSPS) is 30.4. The molecule has 2 aliphatic heterocycles. The average molecular weight is 273 g/mol. The van der Waals surface area contributed by atoms with Crippen LogP contribution in [0.15, 0.2) is 30.3 Å². The maximum absolute atomic E-state index is 12.5. The smallest absolute Gasteiger partial charge is 0.241 e. The van der Waals surface area contributed by atoms with Gasteiger partial charge in [0.2, 0.25) is 5.91 Å². The molecule has 1 amide bonds. The lowest BCUT2D eigenvalue weighted by Crippen LogP contribution is -2.48. The molecular formula is C16H23N3O. The van der Waals surface area contributed by atoms with Crippen LogP contribution in [0.1, 0.15) is 37.7 Å². The summed E-state index contributed by atoms with van der Waals surface area (Å²) in [4.78, 5) is 14.6. The lowest BCUT2D eigenvalue weighted by atomic mass is 9.90. The van der Waals surface area contributed by atoms with Gasteiger partial charge in [0.15, 0.2) is 0 Å². The summed E-state index contributed by atoms with van der Waals surface area (Å²) < 4.78 is 0. The monoisotopic (exact) mass is 273 g/mol. The number of nitrogens with zero attached hydrogens (tertiary/aromatic N) is 1. The van der Waals surface area contributed by atoms with Gasteiger partial charge in [-0.3, -0.25) is 10.2 Å². The summed E-state index contributed by atoms with van der Waals surface area (Å²) in [5.74, 6) is 0.739. The van der Waals surface area contributed by atoms with E-state index < -0.39 is 0 Å². The van der Waals surface area contributed by atoms with Crippen LogP contribution >= 0.6 is 0 Å². The molecule has 3 atom stereocenters. The molecule has 1 aromatic rings. The van der Waals surface area contributed by atoms with E-state index in [1.165, 1.54) is 12.0 Å². The maximum atomic E-state index is 12.5. The number of hydrogen-bond donors (Lipinski definition) is 2. The molecule has 1 aromatic carbocycles. The van der Waals surface area contributed by atoms with E-state index in [4.69, 9.17) is 0 Å². The highest BCUT2D eigenvalue weighted by molar-refractivity contribution is 5.82. The largest absolute Gasteiger partial charge is 0.341 e. The van der Waals surface area contributed by atoms with Crippen molar-refractivity contribution in [2.75, 3.05) is 13.1 Å². The molecule has 0 bridgehead atoms. The van der Waals surface area contributed by atoms with Crippen LogP contribution in [-0.4, -0.2) is 36.0 Å². The molecule has 0 aromatic heterocycles. The first-order valence-electron chi connectivity index (χ1n) is 7.59. The van der Waals surface area contributed by atoms with Gasteiger partial charge < -0.3 is 4.90 Å². The third-order valence-electron chi connectivity index (χ3n) is 4.40. The molecule has 2 heterocycles. The summed E-state index contributed by atoms with van der Waals surface area (Å²) in [6, 6.07) is 10.9. The molecule has 2 N–H and O–H groups in total. The molecule has 0 spiro atoms. The molecule has 3 unspecified atom stereocenters. The van der Waals surface area contributed by atoms with Crippen LogP contribution < -0.4 is 10.9 Å². The number of amides is 1. The van der Waals surface area contributed by atoms with Crippen molar-refractivity contribution < 1.29 is 4.79 Å². The number of nitrogens with one attached hydrogen (secondary N) is 2. The third-order valence-corrected chi connectivity index (χ3v) is 4.40. The van der Waals surface area contributed by atoms with Gasteiger partial charge in [-0.15, -0.1) is 0 Å². The minimum Gasteiger partial charge on any atom is -0.341 e. The number of hydrazine groups is 1. The van der Waals surface area contributed by atoms with Gasteiger partial charge in [0.05, 0.1) is 0 Å². The SMILES string of the molecule is CC1CC(C(=O)N2CCCC(c3ccccc3)C2)NN1. The molecule has 108 valence electrons. The first-order chi connectivity index (χ1) is 9.74. The Hall–Kier alpha value is -1.39. The molecular weight excluding hydrogens is 250 g/mol. The summed E-state index contributed by atoms with van der Waals surface area (Å²) in [6.45, 7) is 3.85. The van der Waals surface area contributed by atoms with Crippen LogP contribution in [0.4, 0.5) is 0 Å². The lowest BCUT2D eigenvalue weighted by Gasteiger charge is -2.34. The van der Waals surface area contributed by atoms with Gasteiger partial charge in [-0.1, -0.05) is 30.3 Å². The van der Waals surface area contributed by atoms with Crippen molar-refractivity contribution in [3.05, 3.63) is 35.9 Å². The van der Waals surface area contributed by atoms with Crippen molar-refractivity contribution in [3.8, 4) is 0 Å². The minimum atomic E-state index is -0.0560. The van der Waals surface area contributed by atoms with Gasteiger partial charge in [-0.25, -0.2) is 5.43 Å². The van der Waals surface area contributed by atoms with E-state index in [0.29, 0.717) is 12.0 Å². The molecule has 0 saturated carbocycles. The zero-order valence-corrected chi connectivity index (χ0v) is 12.0. The van der Waals surface area contributed by atoms with Crippen LogP contribution in [0.2, 0.25) is 0 Å². The highest BCUT2D eigenvalue weighted by Gasteiger charge is 2.32. The van der Waals surface area contributed by atoms with Gasteiger partial charge in [0.1, 0.15) is 6.04 Å². The van der Waals surface area contributed by atoms with Gasteiger partial charge in [-0.05, 0) is 31.7 Å². The van der Waals surface area contributed by atoms with E-state index in [0.717, 1.165) is 25.9 Å². The van der Waals surface area contributed by atoms with Gasteiger partial charge >= 0.3 is 0 Å². The Balaban J connectivity index is 1.65. The average Bonchev–Trinajstić information content (AvgIpc) is 2.94. The van der Waals surface area contributed by atoms with Crippen LogP contribution in [0.5, 0.6) is 0 Å². The number of rotatable bonds is 2. The van der Waals surface area contributed by atoms with E-state index in [1.54, 1.807) is 0 Å². The highest BCUT2D eigenvalue weighted by atomic mass is 16.2. The molecule has 4 nitrogen and oxygen atoms in total. The Labute approximate surface area is 120 Å². The Morgan fingerprint density at radius 1 is 1.25 bits per heavy atom. The van der Waals surface area contributed by atoms with Crippen molar-refractivity contribution in [1.29, 1.82) is 0 Å². The standard InChI is InChI=1S/C16H23N3O/c1-12-10-15(18-17-12)16(20)19-9-5-8-14(11-19)13-6-3-2-4-7-13/h2-4,6-7,12,14-15,17-18H,5,8-11H2,1H3. The second kappa shape index (κ2) is 5.94. The molecule has 2 aliphatic rings. The predicted octanol–water partition coefficient (Wildman–Crippen LogP) is 1.65. The zero-order chi connectivity index (χ0) is 13.9. The maximum Gasteiger partial charge on any atom is 0.241 e. The molecule has 0 radical (unpaired) electrons. The van der Waals surface area contributed by atoms with E-state index in [-0.39, 0.29) is 11.9 Å². The quantitative estimate of drug-likeness (QED) is 0.861. The van der Waals surface area contributed by atoms with Gasteiger partial charge in [0.25, 0.3) is 0 Å². The van der Waals surface area contributed by atoms with E-state index >= 15 is 0 Å². The minimum absolute atomic E-state index is 0.0560. The number of benzene rings is 1. The van der Waals surface area contributed by atoms with E-state index in [2.05, 4.69) is 42.0 Å². The topological polar surface area (TPSA) is 44.4 Å². The summed E-state index contributed by atoms with van der Waals surface area (Å²) in [5.41, 5.74) is 7.61.